The molecule has 1 aromatic carbocycles. The van der Waals surface area contributed by atoms with E-state index in [0.29, 0.717) is 6.02 Å². The van der Waals surface area contributed by atoms with Crippen molar-refractivity contribution in [2.24, 2.45) is 0 Å². The third kappa shape index (κ3) is 2.00. The molecule has 2 N–H and O–H groups in total. The fourth-order valence-corrected chi connectivity index (χ4v) is 1.84. The molecule has 0 aliphatic heterocycles. The number of methoxy groups -OCH3 is 1. The Balaban J connectivity index is 2.51. The zero-order chi connectivity index (χ0) is 13.1. The number of benzene rings is 1. The van der Waals surface area contributed by atoms with Gasteiger partial charge in [0.2, 0.25) is 0 Å². The first kappa shape index (κ1) is 12.3. The molecule has 0 aliphatic rings. The fourth-order valence-electron chi connectivity index (χ4n) is 1.84. The van der Waals surface area contributed by atoms with E-state index in [0.717, 1.165) is 16.7 Å². The van der Waals surface area contributed by atoms with Crippen molar-refractivity contribution in [1.82, 2.24) is 15.4 Å². The van der Waals surface area contributed by atoms with E-state index in [1.54, 1.807) is 23.6 Å². The number of hydrogen-bond acceptors (Lipinski definition) is 4. The molecule has 2 aromatic rings. The Bertz CT molecular complexity index is 578. The molecule has 0 bridgehead atoms. The Morgan fingerprint density at radius 3 is 2.94 bits per heavy atom. The van der Waals surface area contributed by atoms with Crippen LogP contribution in [0.1, 0.15) is 0 Å². The molecule has 0 saturated heterocycles. The molecule has 96 valence electrons. The number of amidine groups is 1. The van der Waals surface area contributed by atoms with Crippen molar-refractivity contribution in [3.8, 4) is 0 Å². The first-order chi connectivity index (χ1) is 8.69. The summed E-state index contributed by atoms with van der Waals surface area (Å²) in [4.78, 5) is 1.81. The molecule has 0 aliphatic carbocycles. The SMILES string of the molecule is COC(N(C)c1cccc2n[nH]nc12)=[N+](C)CO. The lowest BCUT2D eigenvalue weighted by Crippen LogP contribution is -2.36. The van der Waals surface area contributed by atoms with Gasteiger partial charge in [0.15, 0.2) is 17.9 Å². The first-order valence-electron chi connectivity index (χ1n) is 5.45. The molecule has 2 rings (SSSR count). The minimum Gasteiger partial charge on any atom is -0.435 e. The quantitative estimate of drug-likeness (QED) is 0.339. The average Bonchev–Trinajstić information content (AvgIpc) is 2.87. The molecule has 18 heavy (non-hydrogen) atoms. The molecule has 0 fully saturated rings. The predicted octanol–water partition coefficient (Wildman–Crippen LogP) is -0.0114. The molecule has 1 aromatic heterocycles. The van der Waals surface area contributed by atoms with Crippen LogP contribution in [0.5, 0.6) is 0 Å². The highest BCUT2D eigenvalue weighted by Gasteiger charge is 2.23. The molecule has 0 spiro atoms. The number of H-pyrrole nitrogens is 1. The van der Waals surface area contributed by atoms with Gasteiger partial charge in [-0.05, 0) is 12.1 Å². The average molecular weight is 250 g/mol. The number of hydrogen-bond donors (Lipinski definition) is 2. The zero-order valence-electron chi connectivity index (χ0n) is 10.6. The van der Waals surface area contributed by atoms with Crippen molar-refractivity contribution < 1.29 is 14.4 Å². The van der Waals surface area contributed by atoms with Crippen LogP contribution in [0.25, 0.3) is 11.0 Å². The lowest BCUT2D eigenvalue weighted by Gasteiger charge is -2.14. The van der Waals surface area contributed by atoms with Gasteiger partial charge < -0.3 is 9.84 Å². The fraction of sp³-hybridized carbons (Fsp3) is 0.364. The van der Waals surface area contributed by atoms with Gasteiger partial charge in [0.25, 0.3) is 0 Å². The van der Waals surface area contributed by atoms with Crippen molar-refractivity contribution in [3.63, 3.8) is 0 Å². The van der Waals surface area contributed by atoms with Gasteiger partial charge in [-0.3, -0.25) is 0 Å². The maximum Gasteiger partial charge on any atom is 0.452 e. The summed E-state index contributed by atoms with van der Waals surface area (Å²) in [6, 6.07) is 6.20. The van der Waals surface area contributed by atoms with Crippen LogP contribution in [0.15, 0.2) is 18.2 Å². The van der Waals surface area contributed by atoms with E-state index in [1.165, 1.54) is 0 Å². The highest BCUT2D eigenvalue weighted by Crippen LogP contribution is 2.22. The number of nitrogens with one attached hydrogen (secondary N) is 1. The highest BCUT2D eigenvalue weighted by atomic mass is 16.5. The number of rotatable bonds is 2. The van der Waals surface area contributed by atoms with Crippen molar-refractivity contribution in [2.45, 2.75) is 0 Å². The molecular formula is C11H16N5O2+. The standard InChI is InChI=1S/C11H16N5O2/c1-15(7-17)11(18-3)16(2)9-6-4-5-8-10(9)13-14-12-8/h4-6,17H,7H2,1-3H3,(H,12,13,14)/q+1. The second-order valence-electron chi connectivity index (χ2n) is 3.85. The van der Waals surface area contributed by atoms with Gasteiger partial charge in [0, 0.05) is 0 Å². The van der Waals surface area contributed by atoms with Gasteiger partial charge >= 0.3 is 6.02 Å². The Kier molecular flexibility index (Phi) is 3.42. The second kappa shape index (κ2) is 5.01. The van der Waals surface area contributed by atoms with E-state index in [2.05, 4.69) is 15.4 Å². The molecule has 0 unspecified atom stereocenters. The van der Waals surface area contributed by atoms with E-state index >= 15 is 0 Å². The normalized spacial score (nSPS) is 12.4. The molecular weight excluding hydrogens is 234 g/mol. The number of nitrogens with zero attached hydrogens (tertiary/aromatic N) is 4. The molecule has 7 nitrogen and oxygen atoms in total. The zero-order valence-corrected chi connectivity index (χ0v) is 10.6. The summed E-state index contributed by atoms with van der Waals surface area (Å²) in [5.41, 5.74) is 2.38. The minimum atomic E-state index is -0.137. The van der Waals surface area contributed by atoms with Gasteiger partial charge in [-0.1, -0.05) is 6.07 Å². The summed E-state index contributed by atoms with van der Waals surface area (Å²) in [7, 11) is 5.13. The second-order valence-corrected chi connectivity index (χ2v) is 3.85. The monoisotopic (exact) mass is 250 g/mol. The van der Waals surface area contributed by atoms with E-state index in [4.69, 9.17) is 9.84 Å². The van der Waals surface area contributed by atoms with Crippen molar-refractivity contribution >= 4 is 22.7 Å². The number of anilines is 1. The van der Waals surface area contributed by atoms with E-state index in [9.17, 15) is 0 Å². The number of aromatic amines is 1. The summed E-state index contributed by atoms with van der Waals surface area (Å²) in [5.74, 6) is 0. The number of aliphatic hydroxyl groups is 1. The minimum absolute atomic E-state index is 0.137. The van der Waals surface area contributed by atoms with Gasteiger partial charge in [0.1, 0.15) is 5.52 Å². The van der Waals surface area contributed by atoms with Gasteiger partial charge in [-0.15, -0.1) is 0 Å². The van der Waals surface area contributed by atoms with Gasteiger partial charge in [0.05, 0.1) is 21.2 Å². The van der Waals surface area contributed by atoms with Gasteiger partial charge in [-0.2, -0.15) is 20.3 Å². The smallest absolute Gasteiger partial charge is 0.435 e. The van der Waals surface area contributed by atoms with Crippen molar-refractivity contribution in [2.75, 3.05) is 32.8 Å². The van der Waals surface area contributed by atoms with Crippen molar-refractivity contribution in [3.05, 3.63) is 18.2 Å². The summed E-state index contributed by atoms with van der Waals surface area (Å²) in [6.07, 6.45) is 0. The number of aliphatic hydroxyl groups excluding tert-OH is 1. The lowest BCUT2D eigenvalue weighted by atomic mass is 10.2. The molecule has 0 radical (unpaired) electrons. The Hall–Kier alpha value is -2.15. The number of fused-ring (bicyclic) bond motifs is 1. The van der Waals surface area contributed by atoms with Crippen LogP contribution in [0, 0.1) is 0 Å². The molecule has 7 heteroatoms. The predicted molar refractivity (Wildman–Crippen MR) is 67.6 cm³/mol. The van der Waals surface area contributed by atoms with Crippen LogP contribution in [0.4, 0.5) is 5.69 Å². The van der Waals surface area contributed by atoms with Crippen LogP contribution in [-0.2, 0) is 4.74 Å². The highest BCUT2D eigenvalue weighted by molar-refractivity contribution is 5.97. The third-order valence-corrected chi connectivity index (χ3v) is 2.70. The van der Waals surface area contributed by atoms with Crippen LogP contribution in [-0.4, -0.2) is 59.1 Å². The van der Waals surface area contributed by atoms with Crippen LogP contribution >= 0.6 is 0 Å². The number of para-hydroxylation sites is 1. The number of ether oxygens (including phenoxy) is 1. The first-order valence-corrected chi connectivity index (χ1v) is 5.45. The largest absolute Gasteiger partial charge is 0.452 e. The molecule has 0 atom stereocenters. The van der Waals surface area contributed by atoms with Crippen LogP contribution < -0.4 is 4.90 Å². The molecule has 1 heterocycles. The maximum atomic E-state index is 9.17. The van der Waals surface area contributed by atoms with Gasteiger partial charge in [-0.25, -0.2) is 4.58 Å². The topological polar surface area (TPSA) is 77.3 Å². The Labute approximate surface area is 104 Å². The van der Waals surface area contributed by atoms with Crippen LogP contribution in [0.2, 0.25) is 0 Å². The third-order valence-electron chi connectivity index (χ3n) is 2.70. The molecule has 0 saturated carbocycles. The molecule has 0 amide bonds. The van der Waals surface area contributed by atoms with E-state index in [-0.39, 0.29) is 6.73 Å². The maximum absolute atomic E-state index is 9.17. The number of aromatic nitrogens is 3. The van der Waals surface area contributed by atoms with E-state index < -0.39 is 0 Å². The Morgan fingerprint density at radius 1 is 1.50 bits per heavy atom. The van der Waals surface area contributed by atoms with Crippen LogP contribution in [0.3, 0.4) is 0 Å². The van der Waals surface area contributed by atoms with E-state index in [1.807, 2.05) is 25.2 Å². The summed E-state index contributed by atoms with van der Waals surface area (Å²) < 4.78 is 6.88. The summed E-state index contributed by atoms with van der Waals surface area (Å²) in [5, 5.41) is 19.9. The summed E-state index contributed by atoms with van der Waals surface area (Å²) in [6.45, 7) is -0.137. The summed E-state index contributed by atoms with van der Waals surface area (Å²) >= 11 is 0. The lowest BCUT2D eigenvalue weighted by molar-refractivity contribution is -0.544. The van der Waals surface area contributed by atoms with Crippen molar-refractivity contribution in [1.29, 1.82) is 0 Å². The Morgan fingerprint density at radius 2 is 2.28 bits per heavy atom.